The largest absolute Gasteiger partial charge is 0.480 e. The average molecular weight is 620 g/mol. The third-order valence-corrected chi connectivity index (χ3v) is 6.69. The van der Waals surface area contributed by atoms with Crippen molar-refractivity contribution in [3.05, 3.63) is 36.0 Å². The number of carbonyl (C=O) groups is 6. The molecule has 242 valence electrons. The molecule has 5 amide bonds. The molecule has 1 aromatic carbocycles. The van der Waals surface area contributed by atoms with Gasteiger partial charge in [0.1, 0.15) is 24.2 Å². The Morgan fingerprint density at radius 1 is 0.864 bits per heavy atom. The maximum atomic E-state index is 13.0. The summed E-state index contributed by atoms with van der Waals surface area (Å²) in [6.07, 6.45) is -0.297. The minimum atomic E-state index is -1.70. The van der Waals surface area contributed by atoms with E-state index in [4.69, 9.17) is 11.5 Å². The molecule has 0 spiro atoms. The standard InChI is InChI=1S/C28H41N7O9/c1-13(2)8-20(28(43)44)33-27(42)23(14(3)37)35-26(41)21(12-36)34-25(40)19(10-22(30)38)32-24(39)17(29)9-15-11-31-18-7-5-4-6-16(15)18/h4-7,11,13-14,17,19-21,23,31,36-37H,8-10,12,29H2,1-3H3,(H2,30,38)(H,32,39)(H,33,42)(H,34,40)(H,35,41)(H,43,44)/t14-,17+,19+,20+,21+,23+/m1/s1. The van der Waals surface area contributed by atoms with Crippen molar-refractivity contribution >= 4 is 46.4 Å². The van der Waals surface area contributed by atoms with Crippen LogP contribution in [0.4, 0.5) is 0 Å². The molecule has 0 bridgehead atoms. The van der Waals surface area contributed by atoms with Gasteiger partial charge in [-0.3, -0.25) is 24.0 Å². The summed E-state index contributed by atoms with van der Waals surface area (Å²) in [5, 5.41) is 39.1. The topological polar surface area (TPSA) is 279 Å². The van der Waals surface area contributed by atoms with Gasteiger partial charge in [0.15, 0.2) is 0 Å². The summed E-state index contributed by atoms with van der Waals surface area (Å²) in [6.45, 7) is 3.69. The number of aliphatic carboxylic acids is 1. The van der Waals surface area contributed by atoms with Gasteiger partial charge in [0.25, 0.3) is 0 Å². The number of aliphatic hydroxyl groups excluding tert-OH is 2. The van der Waals surface area contributed by atoms with Gasteiger partial charge in [-0.1, -0.05) is 32.0 Å². The number of aromatic nitrogens is 1. The molecule has 44 heavy (non-hydrogen) atoms. The van der Waals surface area contributed by atoms with E-state index in [1.807, 2.05) is 24.3 Å². The number of carboxylic acids is 1. The molecule has 1 aromatic heterocycles. The molecule has 0 saturated carbocycles. The zero-order valence-corrected chi connectivity index (χ0v) is 24.7. The molecule has 0 fully saturated rings. The van der Waals surface area contributed by atoms with E-state index < -0.39 is 84.8 Å². The molecule has 2 aromatic rings. The number of hydrogen-bond acceptors (Lipinski definition) is 9. The molecular formula is C28H41N7O9. The molecule has 16 heteroatoms. The SMILES string of the molecule is CC(C)C[C@H](NC(=O)[C@@H](NC(=O)[C@H](CO)NC(=O)[C@H](CC(N)=O)NC(=O)[C@@H](N)Cc1c[nH]c2ccccc12)[C@@H](C)O)C(=O)O. The molecule has 0 unspecified atom stereocenters. The van der Waals surface area contributed by atoms with Gasteiger partial charge in [0.2, 0.25) is 29.5 Å². The minimum Gasteiger partial charge on any atom is -0.480 e. The zero-order chi connectivity index (χ0) is 33.1. The van der Waals surface area contributed by atoms with E-state index in [2.05, 4.69) is 26.3 Å². The first-order valence-corrected chi connectivity index (χ1v) is 14.0. The van der Waals surface area contributed by atoms with Gasteiger partial charge in [-0.2, -0.15) is 0 Å². The maximum Gasteiger partial charge on any atom is 0.326 e. The number of fused-ring (bicyclic) bond motifs is 1. The second kappa shape index (κ2) is 16.3. The summed E-state index contributed by atoms with van der Waals surface area (Å²) < 4.78 is 0. The summed E-state index contributed by atoms with van der Waals surface area (Å²) in [5.74, 6) is -6.34. The number of para-hydroxylation sites is 1. The highest BCUT2D eigenvalue weighted by atomic mass is 16.4. The number of rotatable bonds is 17. The number of hydrogen-bond donors (Lipinski definition) is 10. The highest BCUT2D eigenvalue weighted by Crippen LogP contribution is 2.18. The molecule has 0 saturated heterocycles. The van der Waals surface area contributed by atoms with Gasteiger partial charge in [-0.15, -0.1) is 0 Å². The van der Waals surface area contributed by atoms with Crippen LogP contribution in [0.5, 0.6) is 0 Å². The first-order valence-electron chi connectivity index (χ1n) is 14.0. The van der Waals surface area contributed by atoms with Crippen LogP contribution >= 0.6 is 0 Å². The third-order valence-electron chi connectivity index (χ3n) is 6.69. The summed E-state index contributed by atoms with van der Waals surface area (Å²) >= 11 is 0. The number of primary amides is 1. The van der Waals surface area contributed by atoms with Crippen LogP contribution in [-0.2, 0) is 35.2 Å². The van der Waals surface area contributed by atoms with Gasteiger partial charge >= 0.3 is 5.97 Å². The molecule has 6 atom stereocenters. The first kappa shape index (κ1) is 35.7. The molecule has 0 radical (unpaired) electrons. The van der Waals surface area contributed by atoms with Crippen molar-refractivity contribution in [3.8, 4) is 0 Å². The summed E-state index contributed by atoms with van der Waals surface area (Å²) in [4.78, 5) is 77.8. The van der Waals surface area contributed by atoms with Gasteiger partial charge in [0.05, 0.1) is 25.2 Å². The fourth-order valence-electron chi connectivity index (χ4n) is 4.40. The summed E-state index contributed by atoms with van der Waals surface area (Å²) in [7, 11) is 0. The number of H-pyrrole nitrogens is 1. The summed E-state index contributed by atoms with van der Waals surface area (Å²) in [5.41, 5.74) is 12.9. The lowest BCUT2D eigenvalue weighted by Gasteiger charge is -2.26. The maximum absolute atomic E-state index is 13.0. The number of carboxylic acid groups (broad SMARTS) is 1. The lowest BCUT2D eigenvalue weighted by molar-refractivity contribution is -0.143. The van der Waals surface area contributed by atoms with E-state index >= 15 is 0 Å². The van der Waals surface area contributed by atoms with Crippen molar-refractivity contribution in [1.29, 1.82) is 0 Å². The van der Waals surface area contributed by atoms with E-state index in [1.165, 1.54) is 6.92 Å². The Morgan fingerprint density at radius 2 is 1.45 bits per heavy atom. The molecule has 12 N–H and O–H groups in total. The Morgan fingerprint density at radius 3 is 2.02 bits per heavy atom. The first-order chi connectivity index (χ1) is 20.6. The van der Waals surface area contributed by atoms with Crippen molar-refractivity contribution < 1.29 is 44.1 Å². The summed E-state index contributed by atoms with van der Waals surface area (Å²) in [6, 6.07) is 0.00321. The molecule has 16 nitrogen and oxygen atoms in total. The number of nitrogens with two attached hydrogens (primary N) is 2. The van der Waals surface area contributed by atoms with Crippen LogP contribution in [0.25, 0.3) is 10.9 Å². The molecule has 1 heterocycles. The van der Waals surface area contributed by atoms with Crippen molar-refractivity contribution in [3.63, 3.8) is 0 Å². The fourth-order valence-corrected chi connectivity index (χ4v) is 4.40. The highest BCUT2D eigenvalue weighted by Gasteiger charge is 2.34. The second-order valence-electron chi connectivity index (χ2n) is 10.9. The number of aliphatic hydroxyl groups is 2. The van der Waals surface area contributed by atoms with Crippen LogP contribution in [0.1, 0.15) is 39.2 Å². The molecular weight excluding hydrogens is 578 g/mol. The molecule has 0 aliphatic carbocycles. The smallest absolute Gasteiger partial charge is 0.326 e. The second-order valence-corrected chi connectivity index (χ2v) is 10.9. The Bertz CT molecular complexity index is 1340. The Balaban J connectivity index is 2.09. The van der Waals surface area contributed by atoms with Crippen LogP contribution in [0, 0.1) is 5.92 Å². The van der Waals surface area contributed by atoms with E-state index in [0.29, 0.717) is 0 Å². The number of carbonyl (C=O) groups excluding carboxylic acids is 5. The van der Waals surface area contributed by atoms with Gasteiger partial charge < -0.3 is 53.0 Å². The predicted molar refractivity (Wildman–Crippen MR) is 157 cm³/mol. The average Bonchev–Trinajstić information content (AvgIpc) is 3.35. The third kappa shape index (κ3) is 10.3. The monoisotopic (exact) mass is 619 g/mol. The van der Waals surface area contributed by atoms with Gasteiger partial charge in [-0.05, 0) is 37.3 Å². The molecule has 0 aliphatic heterocycles. The van der Waals surface area contributed by atoms with Crippen LogP contribution in [-0.4, -0.2) is 98.7 Å². The highest BCUT2D eigenvalue weighted by molar-refractivity contribution is 5.97. The number of nitrogens with one attached hydrogen (secondary N) is 5. The lowest BCUT2D eigenvalue weighted by atomic mass is 10.0. The normalized spacial score (nSPS) is 15.3. The van der Waals surface area contributed by atoms with Crippen LogP contribution in [0.2, 0.25) is 0 Å². The Kier molecular flexibility index (Phi) is 13.2. The minimum absolute atomic E-state index is 0.0787. The quantitative estimate of drug-likeness (QED) is 0.0878. The number of amides is 5. The fraction of sp³-hybridized carbons (Fsp3) is 0.500. The van der Waals surface area contributed by atoms with Crippen molar-refractivity contribution in [2.24, 2.45) is 17.4 Å². The van der Waals surface area contributed by atoms with E-state index in [0.717, 1.165) is 16.5 Å². The van der Waals surface area contributed by atoms with Crippen LogP contribution in [0.3, 0.4) is 0 Å². The Labute approximate surface area is 253 Å². The molecule has 0 aliphatic rings. The van der Waals surface area contributed by atoms with Crippen LogP contribution in [0.15, 0.2) is 30.5 Å². The number of aromatic amines is 1. The van der Waals surface area contributed by atoms with Crippen molar-refractivity contribution in [2.45, 2.75) is 76.3 Å². The zero-order valence-electron chi connectivity index (χ0n) is 24.7. The van der Waals surface area contributed by atoms with Gasteiger partial charge in [0, 0.05) is 17.1 Å². The predicted octanol–water partition coefficient (Wildman–Crippen LogP) is -2.64. The lowest BCUT2D eigenvalue weighted by Crippen LogP contribution is -2.61. The number of benzene rings is 1. The van der Waals surface area contributed by atoms with E-state index in [9.17, 15) is 44.1 Å². The van der Waals surface area contributed by atoms with Crippen molar-refractivity contribution in [1.82, 2.24) is 26.3 Å². The Hall–Kier alpha value is -4.54. The van der Waals surface area contributed by atoms with E-state index in [-0.39, 0.29) is 18.8 Å². The van der Waals surface area contributed by atoms with Crippen LogP contribution < -0.4 is 32.7 Å². The molecule has 2 rings (SSSR count). The van der Waals surface area contributed by atoms with E-state index in [1.54, 1.807) is 20.0 Å². The van der Waals surface area contributed by atoms with Gasteiger partial charge in [-0.25, -0.2) is 4.79 Å². The van der Waals surface area contributed by atoms with Crippen molar-refractivity contribution in [2.75, 3.05) is 6.61 Å².